The number of rotatable bonds is 5. The van der Waals surface area contributed by atoms with E-state index in [4.69, 9.17) is 9.52 Å². The summed E-state index contributed by atoms with van der Waals surface area (Å²) in [4.78, 5) is 8.62. The molecule has 108 valence electrons. The van der Waals surface area contributed by atoms with Crippen molar-refractivity contribution in [2.24, 2.45) is 0 Å². The number of aliphatic hydroxyl groups is 1. The van der Waals surface area contributed by atoms with Gasteiger partial charge in [-0.05, 0) is 31.2 Å². The zero-order chi connectivity index (χ0) is 14.7. The first-order valence-corrected chi connectivity index (χ1v) is 6.65. The van der Waals surface area contributed by atoms with Gasteiger partial charge in [0.15, 0.2) is 5.82 Å². The van der Waals surface area contributed by atoms with Crippen molar-refractivity contribution in [3.8, 4) is 5.82 Å². The van der Waals surface area contributed by atoms with E-state index in [0.717, 1.165) is 23.1 Å². The molecule has 2 N–H and O–H groups in total. The van der Waals surface area contributed by atoms with Gasteiger partial charge in [0.1, 0.15) is 24.0 Å². The summed E-state index contributed by atoms with van der Waals surface area (Å²) in [5, 5.41) is 12.3. The van der Waals surface area contributed by atoms with E-state index in [1.807, 2.05) is 35.9 Å². The number of pyridine rings is 1. The topological polar surface area (TPSA) is 76.1 Å². The number of anilines is 1. The second kappa shape index (κ2) is 5.80. The van der Waals surface area contributed by atoms with Gasteiger partial charge in [0.05, 0.1) is 12.2 Å². The van der Waals surface area contributed by atoms with Crippen LogP contribution in [0.2, 0.25) is 0 Å². The molecule has 0 spiro atoms. The Morgan fingerprint density at radius 1 is 1.19 bits per heavy atom. The highest BCUT2D eigenvalue weighted by Crippen LogP contribution is 2.19. The Hall–Kier alpha value is -2.60. The number of nitrogens with one attached hydrogen (secondary N) is 1. The van der Waals surface area contributed by atoms with Gasteiger partial charge in [0, 0.05) is 18.6 Å². The first-order valence-electron chi connectivity index (χ1n) is 6.65. The summed E-state index contributed by atoms with van der Waals surface area (Å²) in [6, 6.07) is 7.44. The number of hydrogen-bond acceptors (Lipinski definition) is 5. The Kier molecular flexibility index (Phi) is 3.70. The van der Waals surface area contributed by atoms with Crippen LogP contribution in [-0.2, 0) is 13.2 Å². The number of furan rings is 1. The van der Waals surface area contributed by atoms with Gasteiger partial charge in [-0.3, -0.25) is 4.57 Å². The highest BCUT2D eigenvalue weighted by Gasteiger charge is 2.08. The summed E-state index contributed by atoms with van der Waals surface area (Å²) < 4.78 is 7.38. The van der Waals surface area contributed by atoms with Crippen molar-refractivity contribution >= 4 is 5.69 Å². The molecule has 0 atom stereocenters. The van der Waals surface area contributed by atoms with Crippen molar-refractivity contribution in [1.29, 1.82) is 0 Å². The number of nitrogens with zero attached hydrogens (tertiary/aromatic N) is 3. The van der Waals surface area contributed by atoms with Crippen LogP contribution in [0.15, 0.2) is 47.3 Å². The predicted octanol–water partition coefficient (Wildman–Crippen LogP) is 2.27. The van der Waals surface area contributed by atoms with Crippen LogP contribution in [0.1, 0.15) is 17.3 Å². The lowest BCUT2D eigenvalue weighted by Crippen LogP contribution is -2.06. The van der Waals surface area contributed by atoms with Gasteiger partial charge in [-0.2, -0.15) is 0 Å². The predicted molar refractivity (Wildman–Crippen MR) is 78.1 cm³/mol. The first kappa shape index (κ1) is 13.4. The average Bonchev–Trinajstić information content (AvgIpc) is 3.14. The van der Waals surface area contributed by atoms with Crippen LogP contribution < -0.4 is 5.32 Å². The van der Waals surface area contributed by atoms with E-state index < -0.39 is 0 Å². The monoisotopic (exact) mass is 284 g/mol. The van der Waals surface area contributed by atoms with Gasteiger partial charge in [0.25, 0.3) is 0 Å². The molecule has 3 aromatic rings. The van der Waals surface area contributed by atoms with E-state index in [2.05, 4.69) is 15.3 Å². The van der Waals surface area contributed by atoms with Crippen molar-refractivity contribution in [3.63, 3.8) is 0 Å². The molecular weight excluding hydrogens is 268 g/mol. The molecule has 6 heteroatoms. The number of imidazole rings is 1. The van der Waals surface area contributed by atoms with Crippen molar-refractivity contribution in [2.45, 2.75) is 20.1 Å². The molecule has 0 radical (unpaired) electrons. The molecule has 21 heavy (non-hydrogen) atoms. The van der Waals surface area contributed by atoms with Crippen LogP contribution in [0.3, 0.4) is 0 Å². The van der Waals surface area contributed by atoms with E-state index >= 15 is 0 Å². The molecular formula is C15H16N4O2. The molecule has 0 bridgehead atoms. The van der Waals surface area contributed by atoms with Crippen LogP contribution in [0.5, 0.6) is 0 Å². The highest BCUT2D eigenvalue weighted by molar-refractivity contribution is 5.57. The zero-order valence-corrected chi connectivity index (χ0v) is 11.7. The smallest absolute Gasteiger partial charge is 0.161 e. The molecule has 0 aliphatic carbocycles. The SMILES string of the molecule is Cc1nccn1-c1ncccc1NCc1ccc(CO)o1. The minimum Gasteiger partial charge on any atom is -0.462 e. The van der Waals surface area contributed by atoms with E-state index in [1.54, 1.807) is 18.5 Å². The van der Waals surface area contributed by atoms with Crippen LogP contribution in [0.4, 0.5) is 5.69 Å². The highest BCUT2D eigenvalue weighted by atomic mass is 16.4. The van der Waals surface area contributed by atoms with Crippen molar-refractivity contribution in [3.05, 3.63) is 60.2 Å². The molecule has 0 aliphatic heterocycles. The minimum atomic E-state index is -0.0909. The standard InChI is InChI=1S/C15H16N4O2/c1-11-16-7-8-19(11)15-14(3-2-6-17-15)18-9-12-4-5-13(10-20)21-12/h2-8,18,20H,9-10H2,1H3. The Morgan fingerprint density at radius 3 is 2.76 bits per heavy atom. The molecule has 3 rings (SSSR count). The summed E-state index contributed by atoms with van der Waals surface area (Å²) >= 11 is 0. The minimum absolute atomic E-state index is 0.0909. The maximum Gasteiger partial charge on any atom is 0.161 e. The van der Waals surface area contributed by atoms with Crippen molar-refractivity contribution in [2.75, 3.05) is 5.32 Å². The Balaban J connectivity index is 1.81. The Morgan fingerprint density at radius 2 is 2.05 bits per heavy atom. The first-order chi connectivity index (χ1) is 10.3. The van der Waals surface area contributed by atoms with Gasteiger partial charge in [-0.15, -0.1) is 0 Å². The summed E-state index contributed by atoms with van der Waals surface area (Å²) in [7, 11) is 0. The largest absolute Gasteiger partial charge is 0.462 e. The molecule has 3 heterocycles. The molecule has 0 fully saturated rings. The zero-order valence-electron chi connectivity index (χ0n) is 11.7. The number of aliphatic hydroxyl groups excluding tert-OH is 1. The molecule has 0 saturated heterocycles. The van der Waals surface area contributed by atoms with Gasteiger partial charge < -0.3 is 14.8 Å². The van der Waals surface area contributed by atoms with Gasteiger partial charge >= 0.3 is 0 Å². The average molecular weight is 284 g/mol. The van der Waals surface area contributed by atoms with Crippen LogP contribution in [0.25, 0.3) is 5.82 Å². The molecule has 0 amide bonds. The Labute approximate surface area is 122 Å². The lowest BCUT2D eigenvalue weighted by molar-refractivity contribution is 0.244. The molecule has 3 aromatic heterocycles. The van der Waals surface area contributed by atoms with E-state index in [9.17, 15) is 0 Å². The molecule has 0 saturated carbocycles. The third-order valence-corrected chi connectivity index (χ3v) is 3.17. The van der Waals surface area contributed by atoms with E-state index in [-0.39, 0.29) is 6.61 Å². The lowest BCUT2D eigenvalue weighted by atomic mass is 10.3. The fourth-order valence-corrected chi connectivity index (χ4v) is 2.11. The third kappa shape index (κ3) is 2.80. The normalized spacial score (nSPS) is 10.8. The third-order valence-electron chi connectivity index (χ3n) is 3.17. The summed E-state index contributed by atoms with van der Waals surface area (Å²) in [5.41, 5.74) is 0.889. The molecule has 0 unspecified atom stereocenters. The van der Waals surface area contributed by atoms with Gasteiger partial charge in [-0.25, -0.2) is 9.97 Å². The van der Waals surface area contributed by atoms with Crippen LogP contribution in [0, 0.1) is 6.92 Å². The molecule has 6 nitrogen and oxygen atoms in total. The number of hydrogen-bond donors (Lipinski definition) is 2. The van der Waals surface area contributed by atoms with E-state index in [0.29, 0.717) is 12.3 Å². The number of aromatic nitrogens is 3. The molecule has 0 aliphatic rings. The van der Waals surface area contributed by atoms with Crippen LogP contribution >= 0.6 is 0 Å². The van der Waals surface area contributed by atoms with Crippen LogP contribution in [-0.4, -0.2) is 19.6 Å². The van der Waals surface area contributed by atoms with Crippen molar-refractivity contribution in [1.82, 2.24) is 14.5 Å². The fourth-order valence-electron chi connectivity index (χ4n) is 2.11. The van der Waals surface area contributed by atoms with E-state index in [1.165, 1.54) is 0 Å². The maximum absolute atomic E-state index is 9.00. The van der Waals surface area contributed by atoms with Crippen molar-refractivity contribution < 1.29 is 9.52 Å². The quantitative estimate of drug-likeness (QED) is 0.751. The summed E-state index contributed by atoms with van der Waals surface area (Å²) in [5.74, 6) is 2.98. The second-order valence-corrected chi connectivity index (χ2v) is 4.60. The second-order valence-electron chi connectivity index (χ2n) is 4.60. The van der Waals surface area contributed by atoms with Gasteiger partial charge in [-0.1, -0.05) is 0 Å². The summed E-state index contributed by atoms with van der Waals surface area (Å²) in [6.07, 6.45) is 5.37. The Bertz CT molecular complexity index is 733. The molecule has 0 aromatic carbocycles. The van der Waals surface area contributed by atoms with Gasteiger partial charge in [0.2, 0.25) is 0 Å². The summed E-state index contributed by atoms with van der Waals surface area (Å²) in [6.45, 7) is 2.36. The number of aryl methyl sites for hydroxylation is 1. The fraction of sp³-hybridized carbons (Fsp3) is 0.200. The lowest BCUT2D eigenvalue weighted by Gasteiger charge is -2.11. The maximum atomic E-state index is 9.00.